The first-order valence-corrected chi connectivity index (χ1v) is 13.2. The second-order valence-corrected chi connectivity index (χ2v) is 12.8. The molecule has 2 aromatic carbocycles. The van der Waals surface area contributed by atoms with Crippen LogP contribution < -0.4 is 0 Å². The molecule has 0 spiro atoms. The van der Waals surface area contributed by atoms with Gasteiger partial charge in [0.05, 0.1) is 0 Å². The molecule has 3 rings (SSSR count). The maximum absolute atomic E-state index is 2.99. The molecule has 0 N–H and O–H groups in total. The van der Waals surface area contributed by atoms with Crippen LogP contribution in [0.1, 0.15) is 63.0 Å². The molecule has 1 aliphatic rings. The predicted molar refractivity (Wildman–Crippen MR) is 119 cm³/mol. The van der Waals surface area contributed by atoms with E-state index in [0.29, 0.717) is 17.4 Å². The summed E-state index contributed by atoms with van der Waals surface area (Å²) in [7, 11) is -0.258. The van der Waals surface area contributed by atoms with Crippen molar-refractivity contribution in [2.45, 2.75) is 57.9 Å². The molecule has 1 heterocycles. The van der Waals surface area contributed by atoms with E-state index in [0.717, 1.165) is 0 Å². The van der Waals surface area contributed by atoms with Crippen LogP contribution in [0.4, 0.5) is 0 Å². The van der Waals surface area contributed by atoms with Crippen molar-refractivity contribution in [3.63, 3.8) is 0 Å². The minimum atomic E-state index is -0.216. The molecule has 1 saturated heterocycles. The standard InChI is InChI=1S/C23H33NP2/c1-5-25(6-2)24(19(3)4)26-22(20-13-9-7-10-14-20)17-18-23(26)21-15-11-8-12-16-21/h7-16,19,22-23H,5-6,17-18H2,1-4H3/t22-,23-/m0/s1. The van der Waals surface area contributed by atoms with Crippen molar-refractivity contribution in [3.05, 3.63) is 71.8 Å². The largest absolute Gasteiger partial charge is 0.256 e. The van der Waals surface area contributed by atoms with E-state index in [1.807, 2.05) is 0 Å². The maximum Gasteiger partial charge on any atom is 0.0183 e. The van der Waals surface area contributed by atoms with Crippen molar-refractivity contribution in [2.75, 3.05) is 12.3 Å². The average molecular weight is 385 g/mol. The van der Waals surface area contributed by atoms with Crippen molar-refractivity contribution in [2.24, 2.45) is 0 Å². The molecule has 0 bridgehead atoms. The number of hydrogen-bond acceptors (Lipinski definition) is 1. The fourth-order valence-electron chi connectivity index (χ4n) is 4.33. The van der Waals surface area contributed by atoms with Gasteiger partial charge in [-0.1, -0.05) is 74.5 Å². The Balaban J connectivity index is 2.03. The van der Waals surface area contributed by atoms with Crippen LogP contribution in [0.25, 0.3) is 0 Å². The Morgan fingerprint density at radius 1 is 0.846 bits per heavy atom. The normalized spacial score (nSPS) is 21.2. The van der Waals surface area contributed by atoms with Crippen LogP contribution in [0.2, 0.25) is 0 Å². The lowest BCUT2D eigenvalue weighted by atomic mass is 10.0. The van der Waals surface area contributed by atoms with Gasteiger partial charge in [-0.15, -0.1) is 0 Å². The minimum Gasteiger partial charge on any atom is -0.256 e. The van der Waals surface area contributed by atoms with Gasteiger partial charge in [-0.2, -0.15) is 0 Å². The Bertz CT molecular complexity index is 607. The summed E-state index contributed by atoms with van der Waals surface area (Å²) in [5.74, 6) is 0. The molecule has 2 atom stereocenters. The summed E-state index contributed by atoms with van der Waals surface area (Å²) < 4.78 is 2.99. The second-order valence-electron chi connectivity index (χ2n) is 7.36. The lowest BCUT2D eigenvalue weighted by Gasteiger charge is -2.44. The maximum atomic E-state index is 2.99. The van der Waals surface area contributed by atoms with Crippen LogP contribution in [0.15, 0.2) is 60.7 Å². The Morgan fingerprint density at radius 3 is 1.62 bits per heavy atom. The molecular formula is C23H33NP2. The van der Waals surface area contributed by atoms with Gasteiger partial charge in [-0.05, 0) is 66.3 Å². The van der Waals surface area contributed by atoms with E-state index in [-0.39, 0.29) is 16.1 Å². The van der Waals surface area contributed by atoms with Crippen LogP contribution in [0.5, 0.6) is 0 Å². The molecule has 0 saturated carbocycles. The molecule has 2 aromatic rings. The van der Waals surface area contributed by atoms with Crippen LogP contribution in [0.3, 0.4) is 0 Å². The third kappa shape index (κ3) is 4.22. The van der Waals surface area contributed by atoms with Gasteiger partial charge >= 0.3 is 0 Å². The van der Waals surface area contributed by atoms with E-state index in [4.69, 9.17) is 0 Å². The first-order valence-electron chi connectivity index (χ1n) is 10.1. The van der Waals surface area contributed by atoms with Crippen molar-refractivity contribution >= 4 is 16.1 Å². The number of nitrogens with zero attached hydrogens (tertiary/aromatic N) is 1. The van der Waals surface area contributed by atoms with Gasteiger partial charge in [0, 0.05) is 17.4 Å². The van der Waals surface area contributed by atoms with Gasteiger partial charge in [0.1, 0.15) is 0 Å². The third-order valence-electron chi connectivity index (χ3n) is 5.44. The summed E-state index contributed by atoms with van der Waals surface area (Å²) in [4.78, 5) is 0. The van der Waals surface area contributed by atoms with E-state index in [9.17, 15) is 0 Å². The highest BCUT2D eigenvalue weighted by molar-refractivity contribution is 7.70. The molecule has 3 heteroatoms. The van der Waals surface area contributed by atoms with E-state index >= 15 is 0 Å². The van der Waals surface area contributed by atoms with E-state index in [1.54, 1.807) is 11.1 Å². The lowest BCUT2D eigenvalue weighted by Crippen LogP contribution is -2.25. The molecule has 1 aliphatic heterocycles. The van der Waals surface area contributed by atoms with Gasteiger partial charge in [-0.25, -0.2) is 0 Å². The molecule has 26 heavy (non-hydrogen) atoms. The summed E-state index contributed by atoms with van der Waals surface area (Å²) in [5, 5.41) is 0. The van der Waals surface area contributed by atoms with Crippen molar-refractivity contribution in [3.8, 4) is 0 Å². The second kappa shape index (κ2) is 9.45. The van der Waals surface area contributed by atoms with E-state index in [1.165, 1.54) is 25.2 Å². The molecule has 140 valence electrons. The smallest absolute Gasteiger partial charge is 0.0183 e. The molecule has 0 aliphatic carbocycles. The van der Waals surface area contributed by atoms with Crippen molar-refractivity contribution in [1.82, 2.24) is 4.44 Å². The van der Waals surface area contributed by atoms with Crippen LogP contribution in [-0.2, 0) is 0 Å². The summed E-state index contributed by atoms with van der Waals surface area (Å²) >= 11 is 0. The molecule has 0 amide bonds. The van der Waals surface area contributed by atoms with Crippen molar-refractivity contribution in [1.29, 1.82) is 0 Å². The molecule has 1 nitrogen and oxygen atoms in total. The third-order valence-corrected chi connectivity index (χ3v) is 12.6. The number of rotatable bonds is 7. The lowest BCUT2D eigenvalue weighted by molar-refractivity contribution is 0.561. The Labute approximate surface area is 162 Å². The quantitative estimate of drug-likeness (QED) is 0.439. The first-order chi connectivity index (χ1) is 12.7. The topological polar surface area (TPSA) is 3.24 Å². The number of hydrogen-bond donors (Lipinski definition) is 0. The zero-order chi connectivity index (χ0) is 18.5. The molecular weight excluding hydrogens is 352 g/mol. The number of benzene rings is 2. The van der Waals surface area contributed by atoms with Gasteiger partial charge in [0.15, 0.2) is 0 Å². The fraction of sp³-hybridized carbons (Fsp3) is 0.478. The van der Waals surface area contributed by atoms with E-state index in [2.05, 4.69) is 92.8 Å². The highest BCUT2D eigenvalue weighted by atomic mass is 31.2. The van der Waals surface area contributed by atoms with Crippen LogP contribution in [-0.4, -0.2) is 22.8 Å². The molecule has 0 unspecified atom stereocenters. The molecule has 0 aromatic heterocycles. The Kier molecular flexibility index (Phi) is 7.27. The van der Waals surface area contributed by atoms with Gasteiger partial charge < -0.3 is 0 Å². The van der Waals surface area contributed by atoms with E-state index < -0.39 is 0 Å². The predicted octanol–water partition coefficient (Wildman–Crippen LogP) is 7.81. The SMILES string of the molecule is CCP(CC)N(C(C)C)P1[C@H](c2ccccc2)CC[C@H]1c1ccccc1. The Hall–Kier alpha value is -0.740. The van der Waals surface area contributed by atoms with Gasteiger partial charge in [0.2, 0.25) is 0 Å². The Morgan fingerprint density at radius 2 is 1.27 bits per heavy atom. The van der Waals surface area contributed by atoms with Crippen LogP contribution >= 0.6 is 16.1 Å². The average Bonchev–Trinajstić information content (AvgIpc) is 3.11. The zero-order valence-electron chi connectivity index (χ0n) is 16.7. The summed E-state index contributed by atoms with van der Waals surface area (Å²) in [6.07, 6.45) is 5.28. The molecule has 0 radical (unpaired) electrons. The summed E-state index contributed by atoms with van der Waals surface area (Å²) in [6, 6.07) is 23.3. The first kappa shape index (κ1) is 20.0. The van der Waals surface area contributed by atoms with Gasteiger partial charge in [-0.3, -0.25) is 4.44 Å². The minimum absolute atomic E-state index is 0.0420. The van der Waals surface area contributed by atoms with Crippen molar-refractivity contribution < 1.29 is 0 Å². The zero-order valence-corrected chi connectivity index (χ0v) is 18.5. The fourth-order valence-corrected chi connectivity index (χ4v) is 12.0. The highest BCUT2D eigenvalue weighted by Gasteiger charge is 2.43. The summed E-state index contributed by atoms with van der Waals surface area (Å²) in [5.41, 5.74) is 4.54. The van der Waals surface area contributed by atoms with Gasteiger partial charge in [0.25, 0.3) is 0 Å². The van der Waals surface area contributed by atoms with Crippen LogP contribution in [0, 0.1) is 0 Å². The monoisotopic (exact) mass is 385 g/mol. The molecule has 1 fully saturated rings. The summed E-state index contributed by atoms with van der Waals surface area (Å²) in [6.45, 7) is 9.63. The highest BCUT2D eigenvalue weighted by Crippen LogP contribution is 2.77.